The van der Waals surface area contributed by atoms with Gasteiger partial charge in [-0.3, -0.25) is 14.5 Å². The monoisotopic (exact) mass is 427 g/mol. The third kappa shape index (κ3) is 3.44. The zero-order valence-electron chi connectivity index (χ0n) is 16.7. The molecule has 0 saturated heterocycles. The Balaban J connectivity index is 1.98. The van der Waals surface area contributed by atoms with Crippen LogP contribution < -0.4 is 4.90 Å². The van der Waals surface area contributed by atoms with Crippen LogP contribution in [0.2, 0.25) is 5.02 Å². The molecule has 8 heteroatoms. The van der Waals surface area contributed by atoms with Crippen molar-refractivity contribution in [1.29, 1.82) is 0 Å². The summed E-state index contributed by atoms with van der Waals surface area (Å²) in [6, 6.07) is 14.2. The molecule has 1 aliphatic rings. The van der Waals surface area contributed by atoms with Crippen molar-refractivity contribution in [3.05, 3.63) is 59.1 Å². The first-order chi connectivity index (χ1) is 14.6. The number of halogens is 1. The van der Waals surface area contributed by atoms with Gasteiger partial charge in [-0.1, -0.05) is 35.9 Å². The van der Waals surface area contributed by atoms with Gasteiger partial charge in [0.25, 0.3) is 0 Å². The summed E-state index contributed by atoms with van der Waals surface area (Å²) in [7, 11) is 1.56. The van der Waals surface area contributed by atoms with Crippen LogP contribution >= 0.6 is 11.6 Å². The molecule has 4 rings (SSSR count). The number of nitrogens with zero attached hydrogens (tertiary/aromatic N) is 3. The number of hydrogen-bond donors (Lipinski definition) is 0. The van der Waals surface area contributed by atoms with Crippen LogP contribution in [0.3, 0.4) is 0 Å². The first kappa shape index (κ1) is 20.4. The second-order valence-electron chi connectivity index (χ2n) is 6.98. The predicted molar refractivity (Wildman–Crippen MR) is 114 cm³/mol. The normalized spacial score (nSPS) is 18.5. The first-order valence-corrected chi connectivity index (χ1v) is 10.1. The summed E-state index contributed by atoms with van der Waals surface area (Å²) in [4.78, 5) is 32.7. The van der Waals surface area contributed by atoms with Gasteiger partial charge in [0.05, 0.1) is 36.8 Å². The minimum absolute atomic E-state index is 0.181. The lowest BCUT2D eigenvalue weighted by molar-refractivity contribution is -0.153. The molecule has 0 bridgehead atoms. The third-order valence-corrected chi connectivity index (χ3v) is 5.43. The van der Waals surface area contributed by atoms with Gasteiger partial charge in [0, 0.05) is 12.1 Å². The summed E-state index contributed by atoms with van der Waals surface area (Å²) in [5, 5.41) is 0.523. The van der Waals surface area contributed by atoms with Crippen LogP contribution in [-0.4, -0.2) is 48.3 Å². The molecule has 1 aromatic heterocycles. The van der Waals surface area contributed by atoms with Gasteiger partial charge in [-0.15, -0.1) is 0 Å². The van der Waals surface area contributed by atoms with E-state index >= 15 is 0 Å². The highest BCUT2D eigenvalue weighted by molar-refractivity contribution is 6.30. The Morgan fingerprint density at radius 1 is 1.20 bits per heavy atom. The predicted octanol–water partition coefficient (Wildman–Crippen LogP) is 3.45. The van der Waals surface area contributed by atoms with Gasteiger partial charge in [0.1, 0.15) is 0 Å². The molecule has 3 aromatic rings. The standard InChI is InChI=1S/C22H22ClN3O4/c1-3-30-21(28)18-19(14-7-6-8-15(23)13-14)26-17-10-5-4-9-16(17)24-22(26)25(20(18)27)11-12-29-2/h4-10,13,18-19H,3,11-12H2,1-2H3/t18-,19+/m0/s1. The number of benzene rings is 2. The average Bonchev–Trinajstić information content (AvgIpc) is 3.11. The number of methoxy groups -OCH3 is 1. The lowest BCUT2D eigenvalue weighted by atomic mass is 9.89. The van der Waals surface area contributed by atoms with Crippen molar-refractivity contribution < 1.29 is 19.1 Å². The van der Waals surface area contributed by atoms with Gasteiger partial charge < -0.3 is 14.0 Å². The number of para-hydroxylation sites is 2. The van der Waals surface area contributed by atoms with E-state index in [1.807, 2.05) is 34.9 Å². The summed E-state index contributed by atoms with van der Waals surface area (Å²) in [6.45, 7) is 2.49. The summed E-state index contributed by atoms with van der Waals surface area (Å²) in [5.41, 5.74) is 2.30. The molecule has 30 heavy (non-hydrogen) atoms. The lowest BCUT2D eigenvalue weighted by Crippen LogP contribution is -2.51. The van der Waals surface area contributed by atoms with Crippen molar-refractivity contribution in [3.63, 3.8) is 0 Å². The Bertz CT molecular complexity index is 1100. The number of carbonyl (C=O) groups excluding carboxylic acids is 2. The SMILES string of the molecule is CCOC(=O)[C@@H]1C(=O)N(CCOC)c2nc3ccccc3n2[C@@H]1c1cccc(Cl)c1. The highest BCUT2D eigenvalue weighted by Crippen LogP contribution is 2.41. The van der Waals surface area contributed by atoms with E-state index in [4.69, 9.17) is 26.1 Å². The van der Waals surface area contributed by atoms with Crippen LogP contribution in [0, 0.1) is 5.92 Å². The summed E-state index contributed by atoms with van der Waals surface area (Å²) >= 11 is 6.25. The van der Waals surface area contributed by atoms with Gasteiger partial charge in [0.2, 0.25) is 11.9 Å². The Hall–Kier alpha value is -2.90. The molecule has 0 saturated carbocycles. The van der Waals surface area contributed by atoms with E-state index in [1.165, 1.54) is 4.90 Å². The molecule has 156 valence electrons. The van der Waals surface area contributed by atoms with Crippen LogP contribution in [0.5, 0.6) is 0 Å². The zero-order valence-corrected chi connectivity index (χ0v) is 17.5. The van der Waals surface area contributed by atoms with E-state index < -0.39 is 17.9 Å². The highest BCUT2D eigenvalue weighted by atomic mass is 35.5. The molecule has 7 nitrogen and oxygen atoms in total. The van der Waals surface area contributed by atoms with Crippen LogP contribution in [0.15, 0.2) is 48.5 Å². The molecular formula is C22H22ClN3O4. The number of ether oxygens (including phenoxy) is 2. The minimum Gasteiger partial charge on any atom is -0.465 e. The molecule has 0 aliphatic carbocycles. The molecule has 1 amide bonds. The number of fused-ring (bicyclic) bond motifs is 3. The second kappa shape index (κ2) is 8.45. The number of esters is 1. The van der Waals surface area contributed by atoms with E-state index in [0.29, 0.717) is 17.6 Å². The number of aromatic nitrogens is 2. The zero-order chi connectivity index (χ0) is 21.3. The molecule has 0 fully saturated rings. The topological polar surface area (TPSA) is 73.7 Å². The Morgan fingerprint density at radius 3 is 2.73 bits per heavy atom. The van der Waals surface area contributed by atoms with Crippen molar-refractivity contribution in [2.45, 2.75) is 13.0 Å². The summed E-state index contributed by atoms with van der Waals surface area (Å²) in [6.07, 6.45) is 0. The van der Waals surface area contributed by atoms with E-state index in [-0.39, 0.29) is 19.1 Å². The van der Waals surface area contributed by atoms with E-state index in [1.54, 1.807) is 32.2 Å². The van der Waals surface area contributed by atoms with Crippen LogP contribution in [0.1, 0.15) is 18.5 Å². The number of carbonyl (C=O) groups is 2. The number of rotatable bonds is 6. The maximum absolute atomic E-state index is 13.5. The number of imidazole rings is 1. The molecule has 0 unspecified atom stereocenters. The fraction of sp³-hybridized carbons (Fsp3) is 0.318. The summed E-state index contributed by atoms with van der Waals surface area (Å²) < 4.78 is 12.4. The van der Waals surface area contributed by atoms with Crippen LogP contribution in [0.25, 0.3) is 11.0 Å². The van der Waals surface area contributed by atoms with Gasteiger partial charge in [-0.2, -0.15) is 0 Å². The largest absolute Gasteiger partial charge is 0.465 e. The Kier molecular flexibility index (Phi) is 5.74. The lowest BCUT2D eigenvalue weighted by Gasteiger charge is -2.37. The fourth-order valence-electron chi connectivity index (χ4n) is 3.93. The van der Waals surface area contributed by atoms with Crippen LogP contribution in [0.4, 0.5) is 5.95 Å². The van der Waals surface area contributed by atoms with Crippen molar-refractivity contribution >= 4 is 40.5 Å². The van der Waals surface area contributed by atoms with Crippen molar-refractivity contribution in [3.8, 4) is 0 Å². The molecule has 2 heterocycles. The maximum Gasteiger partial charge on any atom is 0.321 e. The molecular weight excluding hydrogens is 406 g/mol. The van der Waals surface area contributed by atoms with Gasteiger partial charge in [-0.05, 0) is 36.8 Å². The van der Waals surface area contributed by atoms with Crippen molar-refractivity contribution in [2.75, 3.05) is 31.8 Å². The number of anilines is 1. The molecule has 2 atom stereocenters. The van der Waals surface area contributed by atoms with Gasteiger partial charge in [-0.25, -0.2) is 4.98 Å². The van der Waals surface area contributed by atoms with Crippen molar-refractivity contribution in [1.82, 2.24) is 9.55 Å². The Morgan fingerprint density at radius 2 is 2.00 bits per heavy atom. The number of amides is 1. The molecule has 0 spiro atoms. The molecule has 0 N–H and O–H groups in total. The second-order valence-corrected chi connectivity index (χ2v) is 7.42. The van der Waals surface area contributed by atoms with Crippen LogP contribution in [-0.2, 0) is 19.1 Å². The highest BCUT2D eigenvalue weighted by Gasteiger charge is 2.47. The first-order valence-electron chi connectivity index (χ1n) is 9.76. The van der Waals surface area contributed by atoms with E-state index in [0.717, 1.165) is 16.6 Å². The van der Waals surface area contributed by atoms with Crippen molar-refractivity contribution in [2.24, 2.45) is 5.92 Å². The maximum atomic E-state index is 13.5. The molecule has 2 aromatic carbocycles. The third-order valence-electron chi connectivity index (χ3n) is 5.19. The van der Waals surface area contributed by atoms with Gasteiger partial charge >= 0.3 is 5.97 Å². The number of hydrogen-bond acceptors (Lipinski definition) is 5. The Labute approximate surface area is 179 Å². The van der Waals surface area contributed by atoms with Gasteiger partial charge in [0.15, 0.2) is 5.92 Å². The summed E-state index contributed by atoms with van der Waals surface area (Å²) in [5.74, 6) is -1.52. The molecule has 1 aliphatic heterocycles. The van der Waals surface area contributed by atoms with E-state index in [9.17, 15) is 9.59 Å². The quantitative estimate of drug-likeness (QED) is 0.445. The van der Waals surface area contributed by atoms with E-state index in [2.05, 4.69) is 0 Å². The minimum atomic E-state index is -1.06. The molecule has 0 radical (unpaired) electrons. The fourth-order valence-corrected chi connectivity index (χ4v) is 4.13. The smallest absolute Gasteiger partial charge is 0.321 e. The average molecular weight is 428 g/mol.